The van der Waals surface area contributed by atoms with E-state index in [-0.39, 0.29) is 0 Å². The molecule has 0 spiro atoms. The number of nitrogens with zero attached hydrogens (tertiary/aromatic N) is 16. The Morgan fingerprint density at radius 1 is 0.164 bits per heavy atom. The highest BCUT2D eigenvalue weighted by Crippen LogP contribution is 2.57. The summed E-state index contributed by atoms with van der Waals surface area (Å²) in [5.74, 6) is 0. The fraction of sp³-hybridized carbons (Fsp3) is 0.0645. The zero-order valence-corrected chi connectivity index (χ0v) is 75.1. The zero-order valence-electron chi connectivity index (χ0n) is 75.1. The number of imidazole rings is 4. The molecule has 28 aromatic rings. The molecule has 0 saturated heterocycles. The van der Waals surface area contributed by atoms with Gasteiger partial charge < -0.3 is 0 Å². The number of hydrogen-bond acceptors (Lipinski definition) is 12. The minimum absolute atomic E-state index is 0.892. The van der Waals surface area contributed by atoms with Crippen LogP contribution >= 0.6 is 0 Å². The van der Waals surface area contributed by atoms with Gasteiger partial charge in [0.25, 0.3) is 0 Å². The molecule has 12 aromatic carbocycles. The van der Waals surface area contributed by atoms with E-state index >= 15 is 0 Å². The van der Waals surface area contributed by atoms with E-state index in [2.05, 4.69) is 269 Å². The predicted octanol–water partition coefficient (Wildman–Crippen LogP) is 26.9. The van der Waals surface area contributed by atoms with Crippen LogP contribution in [0, 0.1) is 0 Å². The van der Waals surface area contributed by atoms with Crippen LogP contribution in [-0.4, -0.2) is 77.4 Å². The second-order valence-electron chi connectivity index (χ2n) is 38.8. The van der Waals surface area contributed by atoms with E-state index in [0.717, 1.165) is 206 Å². The molecule has 8 aliphatic carbocycles. The first kappa shape index (κ1) is 75.1. The molecule has 8 aliphatic rings. The molecule has 0 atom stereocenters. The maximum atomic E-state index is 5.19. The lowest BCUT2D eigenvalue weighted by atomic mass is 9.94. The van der Waals surface area contributed by atoms with Gasteiger partial charge in [-0.15, -0.1) is 0 Å². The highest BCUT2D eigenvalue weighted by molar-refractivity contribution is 6.17. The van der Waals surface area contributed by atoms with Crippen LogP contribution in [0.25, 0.3) is 243 Å². The summed E-state index contributed by atoms with van der Waals surface area (Å²) in [7, 11) is 0. The average Bonchev–Trinajstić information content (AvgIpc) is 1.57. The van der Waals surface area contributed by atoms with Gasteiger partial charge in [-0.3, -0.25) is 57.5 Å². The smallest absolute Gasteiger partial charge is 0.165 e. The molecule has 648 valence electrons. The molecule has 0 N–H and O–H groups in total. The van der Waals surface area contributed by atoms with E-state index in [4.69, 9.17) is 44.9 Å². The van der Waals surface area contributed by atoms with Gasteiger partial charge in [-0.25, -0.2) is 19.9 Å². The van der Waals surface area contributed by atoms with Gasteiger partial charge in [0, 0.05) is 94.3 Å². The van der Waals surface area contributed by atoms with Crippen molar-refractivity contribution in [2.24, 2.45) is 0 Å². The fourth-order valence-electron chi connectivity index (χ4n) is 25.8. The molecule has 16 aromatic heterocycles. The van der Waals surface area contributed by atoms with Gasteiger partial charge in [0.15, 0.2) is 5.65 Å². The Morgan fingerprint density at radius 2 is 0.443 bits per heavy atom. The van der Waals surface area contributed by atoms with Crippen molar-refractivity contribution in [3.05, 3.63) is 430 Å². The van der Waals surface area contributed by atoms with Crippen molar-refractivity contribution in [3.8, 4) is 89.0 Å². The lowest BCUT2D eigenvalue weighted by Gasteiger charge is -2.10. The van der Waals surface area contributed by atoms with Gasteiger partial charge in [-0.05, 0) is 363 Å². The second kappa shape index (κ2) is 27.7. The van der Waals surface area contributed by atoms with Gasteiger partial charge in [0.1, 0.15) is 33.5 Å². The van der Waals surface area contributed by atoms with E-state index in [1.807, 2.05) is 104 Å². The highest BCUT2D eigenvalue weighted by atomic mass is 15.1. The molecule has 0 fully saturated rings. The molecule has 0 amide bonds. The Balaban J connectivity index is 0.0000000829. The molecule has 140 heavy (non-hydrogen) atoms. The lowest BCUT2D eigenvalue weighted by molar-refractivity contribution is 1.23. The third-order valence-electron chi connectivity index (χ3n) is 31.6. The fourth-order valence-corrected chi connectivity index (χ4v) is 25.8. The van der Waals surface area contributed by atoms with E-state index in [1.54, 1.807) is 0 Å². The number of rotatable bonds is 0. The van der Waals surface area contributed by atoms with Crippen molar-refractivity contribution in [1.82, 2.24) is 77.4 Å². The first-order valence-corrected chi connectivity index (χ1v) is 48.2. The van der Waals surface area contributed by atoms with Gasteiger partial charge in [0.2, 0.25) is 0 Å². The first-order chi connectivity index (χ1) is 69.4. The minimum atomic E-state index is 0.892. The quantitative estimate of drug-likeness (QED) is 0.132. The van der Waals surface area contributed by atoms with E-state index in [1.165, 1.54) is 178 Å². The van der Waals surface area contributed by atoms with Gasteiger partial charge in [-0.2, -0.15) is 0 Å². The summed E-state index contributed by atoms with van der Waals surface area (Å²) in [5.41, 5.74) is 66.9. The summed E-state index contributed by atoms with van der Waals surface area (Å²) in [6.07, 6.45) is 26.5. The molecule has 0 radical (unpaired) electrons. The third kappa shape index (κ3) is 10.3. The molecule has 0 bridgehead atoms. The normalized spacial score (nSPS) is 13.5. The monoisotopic (exact) mass is 1780 g/mol. The van der Waals surface area contributed by atoms with Crippen LogP contribution in [-0.2, 0) is 51.4 Å². The topological polar surface area (TPSA) is 172 Å². The Bertz CT molecular complexity index is 9460. The molecular formula is C124H72N16. The van der Waals surface area contributed by atoms with Crippen molar-refractivity contribution in [1.29, 1.82) is 0 Å². The van der Waals surface area contributed by atoms with E-state index in [0.29, 0.717) is 0 Å². The maximum absolute atomic E-state index is 5.19. The number of aromatic nitrogens is 16. The Morgan fingerprint density at radius 3 is 0.843 bits per heavy atom. The molecule has 0 unspecified atom stereocenters. The van der Waals surface area contributed by atoms with Crippen LogP contribution in [0.3, 0.4) is 0 Å². The average molecular weight is 1790 g/mol. The second-order valence-corrected chi connectivity index (χ2v) is 38.8. The highest BCUT2D eigenvalue weighted by Gasteiger charge is 2.37. The van der Waals surface area contributed by atoms with Crippen LogP contribution in [0.2, 0.25) is 0 Å². The molecule has 16 nitrogen and oxygen atoms in total. The Kier molecular flexibility index (Phi) is 14.9. The van der Waals surface area contributed by atoms with Crippen LogP contribution in [0.4, 0.5) is 0 Å². The largest absolute Gasteiger partial charge is 0.290 e. The van der Waals surface area contributed by atoms with Gasteiger partial charge >= 0.3 is 0 Å². The molecular weight excluding hydrogens is 1710 g/mol. The Hall–Kier alpha value is -18.3. The van der Waals surface area contributed by atoms with Crippen molar-refractivity contribution < 1.29 is 0 Å². The zero-order chi connectivity index (χ0) is 90.7. The SMILES string of the molecule is c1ccc2c(c1)Cc1ccc3c(c1-2)-c1cc2nc4c5cccnc5c5ncccc5n4c2cc1C3.c1ccc2c(c1)Cc1ccc3c(c1-2)-c1cc2nc4c5ccncc5c5ncccc5n4c2cc1C3.c1ccc2c(c1)Cc1ccc3c(c1-2)-c1cc2nc4c5cnccc5c5ncccc5n4c2cc1C3.c1ccc2c(c1)Cc1ccc3c(c1-2)-c1cc2nc4c5ncccc5c5ncccc5n4c2cc1C3. The molecule has 16 heterocycles. The van der Waals surface area contributed by atoms with Crippen LogP contribution < -0.4 is 0 Å². The number of fused-ring (bicyclic) bond motifs is 60. The standard InChI is InChI=1S/4C31H18N4/c1-2-6-21-17(5-1)13-18-9-10-19-14-20-15-26-24(16-23(20)28(19)27(18)21)34-31-22-7-3-11-32-29(22)30-25(35(26)31)8-4-12-33-30;1-2-6-21-17(5-1)13-18-9-10-19-14-20-15-26-24(16-23(20)28(19)27(18)21)34-31-30-22(7-3-11-33-30)29-25(35(26)31)8-4-12-32-29;1-2-5-21-17(4-1)12-18-7-8-19-13-20-14-27-25(15-23(20)29(19)28(18)21)34-31-22-9-11-32-16-24(22)30-26(35(27)31)6-3-10-33-30;1-2-5-21-17(4-1)12-18-7-8-19-13-20-14-27-25(15-23(20)29(19)28(18)21)34-31-24-16-32-11-9-22(24)30-26(35(27)31)6-3-10-33-30/h2*1-12,15-16H,13-14H2;2*1-11,14-16H,12-13H2. The summed E-state index contributed by atoms with van der Waals surface area (Å²) in [5, 5.41) is 6.32. The van der Waals surface area contributed by atoms with Gasteiger partial charge in [0.05, 0.1) is 82.8 Å². The molecule has 0 aliphatic heterocycles. The van der Waals surface area contributed by atoms with Crippen LogP contribution in [0.5, 0.6) is 0 Å². The number of hydrogen-bond donors (Lipinski definition) is 0. The summed E-state index contributed by atoms with van der Waals surface area (Å²) in [4.78, 5) is 57.7. The molecule has 36 rings (SSSR count). The Labute approximate surface area is 796 Å². The van der Waals surface area contributed by atoms with Crippen molar-refractivity contribution in [3.63, 3.8) is 0 Å². The number of benzene rings is 12. The minimum Gasteiger partial charge on any atom is -0.290 e. The number of pyridine rings is 12. The van der Waals surface area contributed by atoms with Crippen LogP contribution in [0.1, 0.15) is 89.0 Å². The first-order valence-electron chi connectivity index (χ1n) is 48.2. The van der Waals surface area contributed by atoms with Crippen molar-refractivity contribution >= 4 is 154 Å². The van der Waals surface area contributed by atoms with Crippen molar-refractivity contribution in [2.75, 3.05) is 0 Å². The summed E-state index contributed by atoms with van der Waals surface area (Å²) in [6.45, 7) is 0. The van der Waals surface area contributed by atoms with E-state index in [9.17, 15) is 0 Å². The lowest BCUT2D eigenvalue weighted by Crippen LogP contribution is -1.94. The summed E-state index contributed by atoms with van der Waals surface area (Å²) < 4.78 is 9.06. The maximum Gasteiger partial charge on any atom is 0.165 e. The van der Waals surface area contributed by atoms with Gasteiger partial charge in [-0.1, -0.05) is 146 Å². The summed E-state index contributed by atoms with van der Waals surface area (Å²) >= 11 is 0. The van der Waals surface area contributed by atoms with E-state index < -0.39 is 0 Å². The van der Waals surface area contributed by atoms with Crippen molar-refractivity contribution in [2.45, 2.75) is 51.4 Å². The molecule has 0 saturated carbocycles. The third-order valence-corrected chi connectivity index (χ3v) is 31.6. The molecule has 16 heteroatoms. The van der Waals surface area contributed by atoms with Crippen LogP contribution in [0.15, 0.2) is 341 Å². The predicted molar refractivity (Wildman–Crippen MR) is 559 cm³/mol. The summed E-state index contributed by atoms with van der Waals surface area (Å²) in [6, 6.07) is 102.